The minimum atomic E-state index is -1.74. The van der Waals surface area contributed by atoms with Gasteiger partial charge in [-0.3, -0.25) is 0 Å². The van der Waals surface area contributed by atoms with Crippen LogP contribution in [0.1, 0.15) is 89.9 Å². The number of methoxy groups -OCH3 is 1. The summed E-state index contributed by atoms with van der Waals surface area (Å²) in [5.74, 6) is 1.00. The van der Waals surface area contributed by atoms with Crippen molar-refractivity contribution in [2.75, 3.05) is 20.3 Å². The molecule has 3 saturated carbocycles. The van der Waals surface area contributed by atoms with Gasteiger partial charge < -0.3 is 68.9 Å². The van der Waals surface area contributed by atoms with Crippen molar-refractivity contribution in [1.82, 2.24) is 0 Å². The lowest BCUT2D eigenvalue weighted by Gasteiger charge is -2.59. The number of aliphatic hydroxyl groups is 7. The number of carbonyl (C=O) groups excluding carboxylic acids is 1. The van der Waals surface area contributed by atoms with E-state index < -0.39 is 80.3 Å². The second-order valence-corrected chi connectivity index (χ2v) is 19.8. The Balaban J connectivity index is 0.951. The van der Waals surface area contributed by atoms with Gasteiger partial charge in [0.25, 0.3) is 0 Å². The molecule has 4 aliphatic carbocycles. The van der Waals surface area contributed by atoms with Gasteiger partial charge in [-0.2, -0.15) is 0 Å². The van der Waals surface area contributed by atoms with E-state index in [0.717, 1.165) is 37.7 Å². The average molecular weight is 873 g/mol. The molecule has 3 saturated heterocycles. The average Bonchev–Trinajstić information content (AvgIpc) is 3.59. The van der Waals surface area contributed by atoms with E-state index in [1.165, 1.54) is 24.8 Å². The summed E-state index contributed by atoms with van der Waals surface area (Å²) in [5, 5.41) is 77.1. The monoisotopic (exact) mass is 872 g/mol. The van der Waals surface area contributed by atoms with Crippen LogP contribution in [0.15, 0.2) is 47.6 Å². The Bertz CT molecular complexity index is 1800. The highest BCUT2D eigenvalue weighted by Gasteiger charge is 2.66. The SMILES string of the molecule is COc1ccc(C(=O)O[C@@H]2[C@@H](O)[C@@H](O)[C@H](O[C@H]3[C@H](O[C@H]4CC[C@@]5(C)C(=CC[C@H]6[C@@H]7C[C@@H]8O[C@@H](O)[C@H](C=C(C)C)[C@@H](C)[C@@H]8[C@@]7(CO)CC[C@@H]65)C4)O[C@H](CO)[C@H](O)[C@@H]3O)O[C@H]2C)cc1. The predicted molar refractivity (Wildman–Crippen MR) is 221 cm³/mol. The third-order valence-electron chi connectivity index (χ3n) is 16.3. The summed E-state index contributed by atoms with van der Waals surface area (Å²) in [7, 11) is 1.50. The molecule has 0 radical (unpaired) electrons. The summed E-state index contributed by atoms with van der Waals surface area (Å²) >= 11 is 0. The fraction of sp³-hybridized carbons (Fsp3) is 0.766. The first kappa shape index (κ1) is 46.0. The van der Waals surface area contributed by atoms with Crippen LogP contribution in [0.4, 0.5) is 0 Å². The Kier molecular flexibility index (Phi) is 13.4. The number of fused-ring (bicyclic) bond motifs is 7. The summed E-state index contributed by atoms with van der Waals surface area (Å²) in [4.78, 5) is 12.9. The molecule has 15 nitrogen and oxygen atoms in total. The molecule has 0 amide bonds. The quantitative estimate of drug-likeness (QED) is 0.133. The predicted octanol–water partition coefficient (Wildman–Crippen LogP) is 2.99. The number of rotatable bonds is 10. The van der Waals surface area contributed by atoms with Gasteiger partial charge in [-0.1, -0.05) is 37.1 Å². The number of aliphatic hydroxyl groups excluding tert-OH is 7. The molecule has 3 aliphatic heterocycles. The largest absolute Gasteiger partial charge is 0.497 e. The molecule has 6 fully saturated rings. The second kappa shape index (κ2) is 18.0. The van der Waals surface area contributed by atoms with E-state index >= 15 is 0 Å². The van der Waals surface area contributed by atoms with Gasteiger partial charge in [-0.15, -0.1) is 0 Å². The molecule has 0 aromatic heterocycles. The van der Waals surface area contributed by atoms with Crippen LogP contribution in [0, 0.1) is 46.3 Å². The van der Waals surface area contributed by atoms with Gasteiger partial charge in [-0.25, -0.2) is 4.79 Å². The molecule has 8 rings (SSSR count). The van der Waals surface area contributed by atoms with Crippen LogP contribution in [-0.4, -0.2) is 142 Å². The normalized spacial score (nSPS) is 47.5. The molecule has 0 spiro atoms. The molecule has 1 aromatic rings. The number of hydrogen-bond donors (Lipinski definition) is 7. The van der Waals surface area contributed by atoms with Crippen LogP contribution >= 0.6 is 0 Å². The van der Waals surface area contributed by atoms with Gasteiger partial charge in [-0.05, 0) is 125 Å². The maximum Gasteiger partial charge on any atom is 0.338 e. The van der Waals surface area contributed by atoms with Crippen molar-refractivity contribution >= 4 is 5.97 Å². The van der Waals surface area contributed by atoms with Gasteiger partial charge in [0.05, 0.1) is 37.6 Å². The smallest absolute Gasteiger partial charge is 0.338 e. The van der Waals surface area contributed by atoms with E-state index in [1.54, 1.807) is 19.1 Å². The van der Waals surface area contributed by atoms with Crippen LogP contribution in [-0.2, 0) is 28.4 Å². The minimum Gasteiger partial charge on any atom is -0.497 e. The lowest BCUT2D eigenvalue weighted by Crippen LogP contribution is -2.64. The topological polar surface area (TPSA) is 223 Å². The molecule has 7 aliphatic rings. The molecule has 62 heavy (non-hydrogen) atoms. The van der Waals surface area contributed by atoms with Crippen LogP contribution in [0.25, 0.3) is 0 Å². The Hall–Kier alpha value is -2.51. The van der Waals surface area contributed by atoms with Crippen molar-refractivity contribution in [1.29, 1.82) is 0 Å². The van der Waals surface area contributed by atoms with Crippen LogP contribution < -0.4 is 4.74 Å². The maximum atomic E-state index is 12.9. The molecule has 21 atom stereocenters. The fourth-order valence-corrected chi connectivity index (χ4v) is 13.1. The number of esters is 1. The number of ether oxygens (including phenoxy) is 7. The summed E-state index contributed by atoms with van der Waals surface area (Å²) in [6, 6.07) is 6.21. The van der Waals surface area contributed by atoms with Gasteiger partial charge >= 0.3 is 5.97 Å². The van der Waals surface area contributed by atoms with Crippen LogP contribution in [0.2, 0.25) is 0 Å². The van der Waals surface area contributed by atoms with E-state index in [4.69, 9.17) is 33.2 Å². The molecule has 3 heterocycles. The van der Waals surface area contributed by atoms with E-state index in [1.807, 2.05) is 13.8 Å². The lowest BCUT2D eigenvalue weighted by atomic mass is 9.46. The maximum absolute atomic E-state index is 12.9. The van der Waals surface area contributed by atoms with Crippen molar-refractivity contribution in [3.8, 4) is 5.75 Å². The standard InChI is InChI=1S/C47H68O15/c1-22(2)17-30-23(3)35-33(59-43(30)55)19-32-29-12-9-26-18-28(13-15-46(26,5)31(29)14-16-47(32,35)21-49)58-45-41(37(51)36(50)34(20-48)60-45)62-44-39(53)38(52)40(24(4)57-44)61-42(54)25-7-10-27(56-6)11-8-25/h7-11,17,23-24,28-41,43-45,48-53,55H,12-16,18-21H2,1-6H3/t23-,24+,28+,29-,30-,31+,32+,33+,34-,35+,36+,37+,38+,39-,40+,41-,43-,44+,45-,46+,47-/m1/s1. The molecule has 15 heteroatoms. The van der Waals surface area contributed by atoms with Crippen molar-refractivity contribution in [3.63, 3.8) is 0 Å². The third-order valence-corrected chi connectivity index (χ3v) is 16.3. The van der Waals surface area contributed by atoms with Gasteiger partial charge in [0, 0.05) is 17.9 Å². The van der Waals surface area contributed by atoms with E-state index in [9.17, 15) is 40.5 Å². The Morgan fingerprint density at radius 2 is 1.60 bits per heavy atom. The zero-order valence-corrected chi connectivity index (χ0v) is 36.7. The number of carbonyl (C=O) groups is 1. The van der Waals surface area contributed by atoms with Crippen molar-refractivity contribution < 1.29 is 73.7 Å². The number of hydrogen-bond acceptors (Lipinski definition) is 15. The summed E-state index contributed by atoms with van der Waals surface area (Å²) in [5.41, 5.74) is 2.25. The first-order chi connectivity index (χ1) is 29.5. The molecule has 1 aromatic carbocycles. The zero-order chi connectivity index (χ0) is 44.4. The second-order valence-electron chi connectivity index (χ2n) is 19.8. The minimum absolute atomic E-state index is 0.0991. The van der Waals surface area contributed by atoms with Crippen molar-refractivity contribution in [2.24, 2.45) is 46.3 Å². The lowest BCUT2D eigenvalue weighted by molar-refractivity contribution is -0.369. The first-order valence-electron chi connectivity index (χ1n) is 22.6. The molecule has 0 unspecified atom stereocenters. The Labute approximate surface area is 363 Å². The van der Waals surface area contributed by atoms with E-state index in [-0.39, 0.29) is 58.9 Å². The van der Waals surface area contributed by atoms with E-state index in [0.29, 0.717) is 30.4 Å². The van der Waals surface area contributed by atoms with Gasteiger partial charge in [0.1, 0.15) is 42.4 Å². The zero-order valence-electron chi connectivity index (χ0n) is 36.7. The molecule has 346 valence electrons. The van der Waals surface area contributed by atoms with Crippen LogP contribution in [0.3, 0.4) is 0 Å². The Morgan fingerprint density at radius 3 is 2.27 bits per heavy atom. The summed E-state index contributed by atoms with van der Waals surface area (Å²) in [6.45, 7) is 9.73. The van der Waals surface area contributed by atoms with Gasteiger partial charge in [0.2, 0.25) is 0 Å². The van der Waals surface area contributed by atoms with Crippen molar-refractivity contribution in [2.45, 2.75) is 159 Å². The third kappa shape index (κ3) is 7.99. The summed E-state index contributed by atoms with van der Waals surface area (Å²) in [6.07, 6.45) is -5.44. The molecular weight excluding hydrogens is 805 g/mol. The number of benzene rings is 1. The van der Waals surface area contributed by atoms with E-state index in [2.05, 4.69) is 26.0 Å². The highest BCUT2D eigenvalue weighted by molar-refractivity contribution is 5.89. The first-order valence-corrected chi connectivity index (χ1v) is 22.6. The molecule has 0 bridgehead atoms. The molecule has 7 N–H and O–H groups in total. The summed E-state index contributed by atoms with van der Waals surface area (Å²) < 4.78 is 41.8. The Morgan fingerprint density at radius 1 is 0.871 bits per heavy atom. The highest BCUT2D eigenvalue weighted by atomic mass is 16.8. The van der Waals surface area contributed by atoms with Crippen LogP contribution in [0.5, 0.6) is 5.75 Å². The highest BCUT2D eigenvalue weighted by Crippen LogP contribution is 2.69. The van der Waals surface area contributed by atoms with Gasteiger partial charge in [0.15, 0.2) is 25.0 Å². The molecular formula is C47H68O15. The fourth-order valence-electron chi connectivity index (χ4n) is 13.1. The number of allylic oxidation sites excluding steroid dienone is 2. The van der Waals surface area contributed by atoms with Crippen molar-refractivity contribution in [3.05, 3.63) is 53.1 Å².